The maximum Gasteiger partial charge on any atom is 0.261 e. The minimum absolute atomic E-state index is 0.0570. The minimum atomic E-state index is -1.20. The SMILES string of the molecule is CSc1nc2c([C@@H](C)N[S@](=O)C(C)(C)C)cc(C)cc2c(=O)n1C. The molecule has 0 bridgehead atoms. The van der Waals surface area contributed by atoms with E-state index in [1.165, 1.54) is 11.8 Å². The normalized spacial score (nSPS) is 14.8. The molecule has 1 aromatic carbocycles. The molecule has 0 fully saturated rings. The number of aryl methyl sites for hydroxylation is 1. The molecule has 5 nitrogen and oxygen atoms in total. The molecule has 2 rings (SSSR count). The van der Waals surface area contributed by atoms with E-state index in [-0.39, 0.29) is 16.3 Å². The molecule has 1 aromatic heterocycles. The predicted octanol–water partition coefficient (Wildman–Crippen LogP) is 3.08. The summed E-state index contributed by atoms with van der Waals surface area (Å²) in [4.78, 5) is 17.3. The molecule has 7 heteroatoms. The molecule has 0 unspecified atom stereocenters. The third-order valence-corrected chi connectivity index (χ3v) is 6.21. The highest BCUT2D eigenvalue weighted by Crippen LogP contribution is 2.26. The average Bonchev–Trinajstić information content (AvgIpc) is 2.49. The Morgan fingerprint density at radius 1 is 1.33 bits per heavy atom. The number of nitrogens with zero attached hydrogens (tertiary/aromatic N) is 2. The molecule has 1 N–H and O–H groups in total. The summed E-state index contributed by atoms with van der Waals surface area (Å²) in [7, 11) is 0.534. The largest absolute Gasteiger partial charge is 0.290 e. The third kappa shape index (κ3) is 3.73. The van der Waals surface area contributed by atoms with Gasteiger partial charge in [0.05, 0.1) is 26.6 Å². The molecule has 1 heterocycles. The van der Waals surface area contributed by atoms with E-state index in [1.54, 1.807) is 11.6 Å². The molecule has 2 aromatic rings. The van der Waals surface area contributed by atoms with Crippen molar-refractivity contribution >= 4 is 33.7 Å². The fraction of sp³-hybridized carbons (Fsp3) is 0.529. The van der Waals surface area contributed by atoms with Gasteiger partial charge < -0.3 is 0 Å². The van der Waals surface area contributed by atoms with Crippen LogP contribution in [0, 0.1) is 6.92 Å². The Balaban J connectivity index is 2.64. The average molecular weight is 368 g/mol. The van der Waals surface area contributed by atoms with Crippen LogP contribution in [-0.2, 0) is 18.0 Å². The second-order valence-corrected chi connectivity index (χ2v) is 9.70. The molecular formula is C17H25N3O2S2. The van der Waals surface area contributed by atoms with Crippen molar-refractivity contribution in [3.8, 4) is 0 Å². The summed E-state index contributed by atoms with van der Waals surface area (Å²) in [6.45, 7) is 9.69. The van der Waals surface area contributed by atoms with Crippen molar-refractivity contribution in [3.05, 3.63) is 33.6 Å². The molecule has 2 atom stereocenters. The lowest BCUT2D eigenvalue weighted by Gasteiger charge is -2.23. The van der Waals surface area contributed by atoms with Crippen molar-refractivity contribution in [2.75, 3.05) is 6.26 Å². The maximum absolute atomic E-state index is 12.6. The van der Waals surface area contributed by atoms with Crippen molar-refractivity contribution < 1.29 is 4.21 Å². The van der Waals surface area contributed by atoms with E-state index in [1.807, 2.05) is 53.0 Å². The highest BCUT2D eigenvalue weighted by Gasteiger charge is 2.23. The second kappa shape index (κ2) is 6.98. The fourth-order valence-electron chi connectivity index (χ4n) is 2.45. The van der Waals surface area contributed by atoms with Gasteiger partial charge in [-0.3, -0.25) is 9.36 Å². The predicted molar refractivity (Wildman–Crippen MR) is 103 cm³/mol. The number of aromatic nitrogens is 2. The quantitative estimate of drug-likeness (QED) is 0.666. The highest BCUT2D eigenvalue weighted by molar-refractivity contribution is 7.98. The van der Waals surface area contributed by atoms with Crippen LogP contribution < -0.4 is 10.3 Å². The number of hydrogen-bond acceptors (Lipinski definition) is 4. The topological polar surface area (TPSA) is 64.0 Å². The van der Waals surface area contributed by atoms with Gasteiger partial charge >= 0.3 is 0 Å². The summed E-state index contributed by atoms with van der Waals surface area (Å²) in [6, 6.07) is 3.70. The molecule has 0 aliphatic carbocycles. The van der Waals surface area contributed by atoms with Gasteiger partial charge in [-0.25, -0.2) is 13.9 Å². The van der Waals surface area contributed by atoms with Crippen LogP contribution in [0.15, 0.2) is 22.1 Å². The highest BCUT2D eigenvalue weighted by atomic mass is 32.2. The number of hydrogen-bond donors (Lipinski definition) is 1. The van der Waals surface area contributed by atoms with Gasteiger partial charge in [0.2, 0.25) is 0 Å². The Hall–Kier alpha value is -1.18. The zero-order chi connectivity index (χ0) is 18.2. The molecule has 0 aliphatic heterocycles. The van der Waals surface area contributed by atoms with Crippen molar-refractivity contribution in [1.82, 2.24) is 14.3 Å². The van der Waals surface area contributed by atoms with E-state index >= 15 is 0 Å². The summed E-state index contributed by atoms with van der Waals surface area (Å²) in [5.74, 6) is 0. The molecule has 0 amide bonds. The maximum atomic E-state index is 12.6. The van der Waals surface area contributed by atoms with Crippen molar-refractivity contribution in [1.29, 1.82) is 0 Å². The van der Waals surface area contributed by atoms with Gasteiger partial charge in [-0.05, 0) is 58.1 Å². The first-order chi connectivity index (χ1) is 11.1. The molecule has 0 radical (unpaired) electrons. The molecular weight excluding hydrogens is 342 g/mol. The number of thioether (sulfide) groups is 1. The zero-order valence-corrected chi connectivity index (χ0v) is 16.9. The molecule has 132 valence electrons. The zero-order valence-electron chi connectivity index (χ0n) is 15.3. The third-order valence-electron chi connectivity index (χ3n) is 3.80. The van der Waals surface area contributed by atoms with E-state index in [4.69, 9.17) is 0 Å². The smallest absolute Gasteiger partial charge is 0.261 e. The van der Waals surface area contributed by atoms with Gasteiger partial charge in [0.1, 0.15) is 0 Å². The molecule has 0 saturated carbocycles. The van der Waals surface area contributed by atoms with Gasteiger partial charge in [0.25, 0.3) is 5.56 Å². The van der Waals surface area contributed by atoms with Crippen LogP contribution >= 0.6 is 11.8 Å². The van der Waals surface area contributed by atoms with Crippen molar-refractivity contribution in [2.24, 2.45) is 7.05 Å². The van der Waals surface area contributed by atoms with E-state index in [9.17, 15) is 9.00 Å². The van der Waals surface area contributed by atoms with Crippen molar-refractivity contribution in [3.63, 3.8) is 0 Å². The van der Waals surface area contributed by atoms with Gasteiger partial charge in [-0.15, -0.1) is 0 Å². The van der Waals surface area contributed by atoms with E-state index in [0.717, 1.165) is 11.1 Å². The number of nitrogens with one attached hydrogen (secondary N) is 1. The van der Waals surface area contributed by atoms with Crippen LogP contribution in [0.2, 0.25) is 0 Å². The summed E-state index contributed by atoms with van der Waals surface area (Å²) < 4.78 is 16.8. The number of benzene rings is 1. The first-order valence-corrected chi connectivity index (χ1v) is 10.2. The van der Waals surface area contributed by atoms with Crippen molar-refractivity contribution in [2.45, 2.75) is 50.6 Å². The van der Waals surface area contributed by atoms with Crippen LogP contribution in [0.5, 0.6) is 0 Å². The summed E-state index contributed by atoms with van der Waals surface area (Å²) >= 11 is 1.44. The lowest BCUT2D eigenvalue weighted by molar-refractivity contribution is 0.616. The van der Waals surface area contributed by atoms with Gasteiger partial charge in [-0.1, -0.05) is 17.8 Å². The van der Waals surface area contributed by atoms with Gasteiger partial charge in [0, 0.05) is 13.1 Å². The lowest BCUT2D eigenvalue weighted by Crippen LogP contribution is -2.35. The molecule has 0 spiro atoms. The minimum Gasteiger partial charge on any atom is -0.290 e. The monoisotopic (exact) mass is 367 g/mol. The first-order valence-electron chi connectivity index (χ1n) is 7.79. The van der Waals surface area contributed by atoms with Gasteiger partial charge in [0.15, 0.2) is 5.16 Å². The van der Waals surface area contributed by atoms with Crippen LogP contribution in [0.1, 0.15) is 44.9 Å². The summed E-state index contributed by atoms with van der Waals surface area (Å²) in [5.41, 5.74) is 2.51. The Kier molecular flexibility index (Phi) is 5.57. The van der Waals surface area contributed by atoms with Crippen LogP contribution in [0.25, 0.3) is 10.9 Å². The molecule has 0 aliphatic rings. The van der Waals surface area contributed by atoms with E-state index in [2.05, 4.69) is 9.71 Å². The van der Waals surface area contributed by atoms with Crippen LogP contribution in [-0.4, -0.2) is 24.8 Å². The summed E-state index contributed by atoms with van der Waals surface area (Å²) in [5, 5.41) is 1.27. The second-order valence-electron chi connectivity index (χ2n) is 6.93. The Morgan fingerprint density at radius 3 is 2.50 bits per heavy atom. The standard InChI is InChI=1S/C17H25N3O2S2/c1-10-8-12(11(2)19-24(22)17(3,4)5)14-13(9-10)15(21)20(6)16(18-14)23-7/h8-9,11,19H,1-7H3/t11-,24-/m1/s1. The first kappa shape index (κ1) is 19.1. The van der Waals surface area contributed by atoms with E-state index < -0.39 is 11.0 Å². The van der Waals surface area contributed by atoms with E-state index in [0.29, 0.717) is 16.1 Å². The fourth-order valence-corrected chi connectivity index (χ4v) is 3.79. The summed E-state index contributed by atoms with van der Waals surface area (Å²) in [6.07, 6.45) is 1.90. The lowest BCUT2D eigenvalue weighted by atomic mass is 10.0. The van der Waals surface area contributed by atoms with Crippen LogP contribution in [0.4, 0.5) is 0 Å². The molecule has 24 heavy (non-hydrogen) atoms. The Labute approximate surface area is 149 Å². The Morgan fingerprint density at radius 2 is 1.96 bits per heavy atom. The van der Waals surface area contributed by atoms with Crippen LogP contribution in [0.3, 0.4) is 0 Å². The Bertz CT molecular complexity index is 854. The number of fused-ring (bicyclic) bond motifs is 1. The number of rotatable bonds is 4. The van der Waals surface area contributed by atoms with Gasteiger partial charge in [-0.2, -0.15) is 0 Å². The molecule has 0 saturated heterocycles.